The van der Waals surface area contributed by atoms with Crippen LogP contribution in [0.25, 0.3) is 0 Å². The Labute approximate surface area is 136 Å². The van der Waals surface area contributed by atoms with E-state index in [0.717, 1.165) is 18.1 Å². The highest BCUT2D eigenvalue weighted by molar-refractivity contribution is 7.84. The Morgan fingerprint density at radius 1 is 1.27 bits per heavy atom. The smallest absolute Gasteiger partial charge is 0.191 e. The minimum atomic E-state index is -0.858. The number of nitrogens with one attached hydrogen (secondary N) is 2. The van der Waals surface area contributed by atoms with E-state index in [4.69, 9.17) is 0 Å². The lowest BCUT2D eigenvalue weighted by atomic mass is 10.2. The second-order valence-corrected chi connectivity index (χ2v) is 7.24. The minimum absolute atomic E-state index is 0.549. The number of rotatable bonds is 7. The largest absolute Gasteiger partial charge is 0.357 e. The molecule has 22 heavy (non-hydrogen) atoms. The second kappa shape index (κ2) is 9.62. The number of nitrogens with zero attached hydrogens (tertiary/aromatic N) is 1. The van der Waals surface area contributed by atoms with Crippen LogP contribution in [-0.2, 0) is 16.6 Å². The van der Waals surface area contributed by atoms with Gasteiger partial charge in [-0.15, -0.1) is 0 Å². The van der Waals surface area contributed by atoms with Gasteiger partial charge in [-0.2, -0.15) is 0 Å². The van der Waals surface area contributed by atoms with E-state index in [9.17, 15) is 4.21 Å². The fraction of sp³-hybridized carbons (Fsp3) is 0.588. The molecule has 2 N–H and O–H groups in total. The summed E-state index contributed by atoms with van der Waals surface area (Å²) < 4.78 is 12.1. The average molecular weight is 321 g/mol. The molecular weight excluding hydrogens is 294 g/mol. The molecule has 0 aromatic heterocycles. The number of benzene rings is 1. The first-order chi connectivity index (χ1) is 10.8. The topological polar surface area (TPSA) is 53.5 Å². The van der Waals surface area contributed by atoms with Crippen molar-refractivity contribution in [1.82, 2.24) is 10.6 Å². The summed E-state index contributed by atoms with van der Waals surface area (Å²) in [5, 5.41) is 6.75. The van der Waals surface area contributed by atoms with Gasteiger partial charge in [-0.05, 0) is 25.3 Å². The molecule has 0 amide bonds. The fourth-order valence-corrected chi connectivity index (χ4v) is 3.68. The third-order valence-electron chi connectivity index (χ3n) is 3.80. The standard InChI is InChI=1S/C17H27N3OS/c1-2-18-17(20-16-10-6-7-11-16)19-12-13-22(21)14-15-8-4-3-5-9-15/h3-5,8-9,16H,2,6-7,10-14H2,1H3,(H2,18,19,20). The molecule has 0 heterocycles. The summed E-state index contributed by atoms with van der Waals surface area (Å²) in [6, 6.07) is 10.5. The van der Waals surface area contributed by atoms with E-state index in [0.29, 0.717) is 24.1 Å². The number of hydrogen-bond acceptors (Lipinski definition) is 2. The van der Waals surface area contributed by atoms with E-state index in [1.54, 1.807) is 0 Å². The first-order valence-corrected chi connectivity index (χ1v) is 9.70. The van der Waals surface area contributed by atoms with Crippen molar-refractivity contribution >= 4 is 16.8 Å². The van der Waals surface area contributed by atoms with Crippen molar-refractivity contribution in [3.63, 3.8) is 0 Å². The van der Waals surface area contributed by atoms with Crippen molar-refractivity contribution in [1.29, 1.82) is 0 Å². The van der Waals surface area contributed by atoms with Crippen molar-refractivity contribution < 1.29 is 4.21 Å². The van der Waals surface area contributed by atoms with Gasteiger partial charge in [-0.25, -0.2) is 0 Å². The Bertz CT molecular complexity index is 484. The van der Waals surface area contributed by atoms with Gasteiger partial charge >= 0.3 is 0 Å². The predicted octanol–water partition coefficient (Wildman–Crippen LogP) is 2.43. The number of guanidine groups is 1. The first kappa shape index (κ1) is 17.0. The minimum Gasteiger partial charge on any atom is -0.357 e. The summed E-state index contributed by atoms with van der Waals surface area (Å²) in [5.74, 6) is 2.09. The summed E-state index contributed by atoms with van der Waals surface area (Å²) in [5.41, 5.74) is 1.13. The van der Waals surface area contributed by atoms with Gasteiger partial charge in [0.15, 0.2) is 5.96 Å². The molecule has 2 rings (SSSR count). The molecule has 0 aliphatic heterocycles. The Morgan fingerprint density at radius 3 is 2.68 bits per heavy atom. The Morgan fingerprint density at radius 2 is 2.00 bits per heavy atom. The van der Waals surface area contributed by atoms with Crippen molar-refractivity contribution in [3.05, 3.63) is 35.9 Å². The highest BCUT2D eigenvalue weighted by atomic mass is 32.2. The van der Waals surface area contributed by atoms with Crippen LogP contribution in [0.2, 0.25) is 0 Å². The van der Waals surface area contributed by atoms with E-state index < -0.39 is 10.8 Å². The van der Waals surface area contributed by atoms with Crippen LogP contribution in [0.4, 0.5) is 0 Å². The maximum absolute atomic E-state index is 12.1. The number of aliphatic imine (C=N–C) groups is 1. The van der Waals surface area contributed by atoms with Crippen molar-refractivity contribution in [2.45, 2.75) is 44.4 Å². The number of hydrogen-bond donors (Lipinski definition) is 2. The predicted molar refractivity (Wildman–Crippen MR) is 94.5 cm³/mol. The maximum atomic E-state index is 12.1. The van der Waals surface area contributed by atoms with Crippen LogP contribution >= 0.6 is 0 Å². The summed E-state index contributed by atoms with van der Waals surface area (Å²) in [6.07, 6.45) is 5.06. The van der Waals surface area contributed by atoms with Gasteiger partial charge < -0.3 is 10.6 Å². The fourth-order valence-electron chi connectivity index (χ4n) is 2.68. The summed E-state index contributed by atoms with van der Waals surface area (Å²) in [6.45, 7) is 3.52. The molecule has 4 nitrogen and oxygen atoms in total. The third-order valence-corrected chi connectivity index (χ3v) is 5.09. The molecule has 1 aromatic carbocycles. The zero-order valence-corrected chi connectivity index (χ0v) is 14.2. The summed E-state index contributed by atoms with van der Waals surface area (Å²) in [7, 11) is -0.858. The maximum Gasteiger partial charge on any atom is 0.191 e. The molecule has 1 aliphatic rings. The molecule has 1 aliphatic carbocycles. The molecule has 1 atom stereocenters. The molecule has 122 valence electrons. The van der Waals surface area contributed by atoms with E-state index in [1.807, 2.05) is 30.3 Å². The van der Waals surface area contributed by atoms with Crippen LogP contribution in [0.1, 0.15) is 38.2 Å². The Hall–Kier alpha value is -1.36. The van der Waals surface area contributed by atoms with E-state index in [1.165, 1.54) is 25.7 Å². The Balaban J connectivity index is 1.76. The van der Waals surface area contributed by atoms with Crippen molar-refractivity contribution in [3.8, 4) is 0 Å². The van der Waals surface area contributed by atoms with Crippen molar-refractivity contribution in [2.24, 2.45) is 4.99 Å². The first-order valence-electron chi connectivity index (χ1n) is 8.21. The third kappa shape index (κ3) is 6.18. The highest BCUT2D eigenvalue weighted by Gasteiger charge is 2.15. The highest BCUT2D eigenvalue weighted by Crippen LogP contribution is 2.17. The van der Waals surface area contributed by atoms with Gasteiger partial charge in [0.05, 0.1) is 6.54 Å². The van der Waals surface area contributed by atoms with Gasteiger partial charge in [-0.1, -0.05) is 43.2 Å². The molecule has 0 radical (unpaired) electrons. The second-order valence-electron chi connectivity index (χ2n) is 5.66. The van der Waals surface area contributed by atoms with Crippen LogP contribution in [0.5, 0.6) is 0 Å². The lowest BCUT2D eigenvalue weighted by Crippen LogP contribution is -2.42. The van der Waals surface area contributed by atoms with Crippen LogP contribution in [0.3, 0.4) is 0 Å². The lowest BCUT2D eigenvalue weighted by Gasteiger charge is -2.16. The molecule has 1 saturated carbocycles. The zero-order chi connectivity index (χ0) is 15.6. The van der Waals surface area contributed by atoms with E-state index >= 15 is 0 Å². The molecule has 1 aromatic rings. The van der Waals surface area contributed by atoms with E-state index in [2.05, 4.69) is 22.5 Å². The summed E-state index contributed by atoms with van der Waals surface area (Å²) >= 11 is 0. The van der Waals surface area contributed by atoms with Gasteiger partial charge in [-0.3, -0.25) is 9.20 Å². The van der Waals surface area contributed by atoms with Crippen LogP contribution in [0, 0.1) is 0 Å². The van der Waals surface area contributed by atoms with Crippen LogP contribution < -0.4 is 10.6 Å². The molecule has 0 spiro atoms. The SMILES string of the molecule is CCNC(=NCCS(=O)Cc1ccccc1)NC1CCCC1. The summed E-state index contributed by atoms with van der Waals surface area (Å²) in [4.78, 5) is 4.56. The van der Waals surface area contributed by atoms with Crippen LogP contribution in [-0.4, -0.2) is 35.1 Å². The van der Waals surface area contributed by atoms with Gasteiger partial charge in [0.2, 0.25) is 0 Å². The lowest BCUT2D eigenvalue weighted by molar-refractivity contribution is 0.614. The van der Waals surface area contributed by atoms with Gasteiger partial charge in [0, 0.05) is 34.9 Å². The van der Waals surface area contributed by atoms with Crippen molar-refractivity contribution in [2.75, 3.05) is 18.8 Å². The molecule has 5 heteroatoms. The Kier molecular flexibility index (Phi) is 7.43. The quantitative estimate of drug-likeness (QED) is 0.599. The van der Waals surface area contributed by atoms with Gasteiger partial charge in [0.25, 0.3) is 0 Å². The monoisotopic (exact) mass is 321 g/mol. The zero-order valence-electron chi connectivity index (χ0n) is 13.4. The van der Waals surface area contributed by atoms with Gasteiger partial charge in [0.1, 0.15) is 0 Å². The molecule has 0 saturated heterocycles. The van der Waals surface area contributed by atoms with E-state index in [-0.39, 0.29) is 0 Å². The normalized spacial score (nSPS) is 17.4. The molecule has 0 bridgehead atoms. The average Bonchev–Trinajstić information content (AvgIpc) is 3.01. The molecule has 1 unspecified atom stereocenters. The molecule has 1 fully saturated rings. The van der Waals surface area contributed by atoms with Crippen LogP contribution in [0.15, 0.2) is 35.3 Å². The molecular formula is C17H27N3OS.